The number of fused-ring (bicyclic) bond motifs is 1. The molecular formula is C10H9Cl2NO2. The summed E-state index contributed by atoms with van der Waals surface area (Å²) in [7, 11) is 1.33. The predicted molar refractivity (Wildman–Crippen MR) is 61.8 cm³/mol. The number of halogens is 2. The maximum atomic E-state index is 11.3. The van der Waals surface area contributed by atoms with Crippen molar-refractivity contribution < 1.29 is 9.53 Å². The van der Waals surface area contributed by atoms with Gasteiger partial charge >= 0.3 is 5.97 Å². The Kier molecular flexibility index (Phi) is 3.61. The number of nitrogens with zero attached hydrogens (tertiary/aromatic N) is 1. The highest BCUT2D eigenvalue weighted by Gasteiger charge is 2.13. The van der Waals surface area contributed by atoms with Crippen molar-refractivity contribution in [1.29, 1.82) is 0 Å². The zero-order chi connectivity index (χ0) is 10.1. The van der Waals surface area contributed by atoms with E-state index in [0.29, 0.717) is 5.69 Å². The molecule has 0 aliphatic rings. The van der Waals surface area contributed by atoms with Crippen molar-refractivity contribution in [3.8, 4) is 0 Å². The Morgan fingerprint density at radius 2 is 2.07 bits per heavy atom. The number of hydrogen-bond donors (Lipinski definition) is 0. The third-order valence-corrected chi connectivity index (χ3v) is 2.41. The quantitative estimate of drug-likeness (QED) is 0.724. The fourth-order valence-electron chi connectivity index (χ4n) is 1.37. The van der Waals surface area contributed by atoms with Crippen LogP contribution >= 0.6 is 24.2 Å². The minimum atomic E-state index is -0.434. The second-order valence-corrected chi connectivity index (χ2v) is 3.20. The van der Waals surface area contributed by atoms with Crippen LogP contribution in [-0.2, 0) is 4.74 Å². The van der Waals surface area contributed by atoms with Crippen molar-refractivity contribution in [2.24, 2.45) is 0 Å². The van der Waals surface area contributed by atoms with Gasteiger partial charge in [-0.25, -0.2) is 8.88 Å². The Bertz CT molecular complexity index is 493. The standard InChI is InChI=1S/C10H8ClNO2.ClH/c1-14-10(13)9-6-7-4-2-3-5-8(7)12(9)11;/h2-6H,1H3;1H. The summed E-state index contributed by atoms with van der Waals surface area (Å²) >= 11 is 5.95. The summed E-state index contributed by atoms with van der Waals surface area (Å²) in [6, 6.07) is 9.19. The molecule has 0 fully saturated rings. The highest BCUT2D eigenvalue weighted by Crippen LogP contribution is 2.21. The average molecular weight is 246 g/mol. The molecule has 0 unspecified atom stereocenters. The van der Waals surface area contributed by atoms with Crippen LogP contribution in [0.5, 0.6) is 0 Å². The van der Waals surface area contributed by atoms with Gasteiger partial charge in [-0.2, -0.15) is 0 Å². The molecule has 1 aromatic carbocycles. The van der Waals surface area contributed by atoms with Gasteiger partial charge in [0, 0.05) is 17.2 Å². The Morgan fingerprint density at radius 1 is 1.40 bits per heavy atom. The van der Waals surface area contributed by atoms with Crippen molar-refractivity contribution in [1.82, 2.24) is 4.09 Å². The number of para-hydroxylation sites is 1. The molecule has 0 atom stereocenters. The molecule has 2 rings (SSSR count). The summed E-state index contributed by atoms with van der Waals surface area (Å²) in [5.74, 6) is -0.434. The van der Waals surface area contributed by atoms with E-state index in [2.05, 4.69) is 4.74 Å². The van der Waals surface area contributed by atoms with Crippen LogP contribution in [-0.4, -0.2) is 17.2 Å². The topological polar surface area (TPSA) is 31.2 Å². The summed E-state index contributed by atoms with van der Waals surface area (Å²) < 4.78 is 5.91. The monoisotopic (exact) mass is 245 g/mol. The summed E-state index contributed by atoms with van der Waals surface area (Å²) in [5.41, 5.74) is 1.14. The van der Waals surface area contributed by atoms with Gasteiger partial charge in [0.2, 0.25) is 0 Å². The number of carbonyl (C=O) groups is 1. The third kappa shape index (κ3) is 1.94. The summed E-state index contributed by atoms with van der Waals surface area (Å²) in [6.07, 6.45) is 0. The van der Waals surface area contributed by atoms with Crippen LogP contribution in [0.4, 0.5) is 0 Å². The van der Waals surface area contributed by atoms with Gasteiger partial charge in [0.05, 0.1) is 12.6 Å². The first-order chi connectivity index (χ1) is 6.74. The Balaban J connectivity index is 0.00000112. The van der Waals surface area contributed by atoms with Gasteiger partial charge in [0.15, 0.2) is 0 Å². The normalized spacial score (nSPS) is 9.73. The fraction of sp³-hybridized carbons (Fsp3) is 0.100. The van der Waals surface area contributed by atoms with Crippen LogP contribution in [0, 0.1) is 0 Å². The fourth-order valence-corrected chi connectivity index (χ4v) is 1.64. The zero-order valence-corrected chi connectivity index (χ0v) is 9.51. The van der Waals surface area contributed by atoms with Gasteiger partial charge in [-0.3, -0.25) is 0 Å². The van der Waals surface area contributed by atoms with Crippen molar-refractivity contribution in [3.63, 3.8) is 0 Å². The van der Waals surface area contributed by atoms with Gasteiger partial charge in [-0.15, -0.1) is 12.4 Å². The van der Waals surface area contributed by atoms with E-state index in [1.807, 2.05) is 24.3 Å². The molecule has 0 saturated carbocycles. The van der Waals surface area contributed by atoms with Crippen LogP contribution in [0.2, 0.25) is 0 Å². The molecule has 0 amide bonds. The number of esters is 1. The van der Waals surface area contributed by atoms with Crippen molar-refractivity contribution in [2.75, 3.05) is 7.11 Å². The maximum Gasteiger partial charge on any atom is 0.356 e. The minimum absolute atomic E-state index is 0. The lowest BCUT2D eigenvalue weighted by Gasteiger charge is -1.98. The zero-order valence-electron chi connectivity index (χ0n) is 7.94. The van der Waals surface area contributed by atoms with Gasteiger partial charge in [-0.05, 0) is 12.1 Å². The molecule has 0 aliphatic heterocycles. The van der Waals surface area contributed by atoms with Gasteiger partial charge in [-0.1, -0.05) is 18.2 Å². The minimum Gasteiger partial charge on any atom is -0.464 e. The first kappa shape index (κ1) is 11.9. The third-order valence-electron chi connectivity index (χ3n) is 2.05. The van der Waals surface area contributed by atoms with Gasteiger partial charge in [0.25, 0.3) is 0 Å². The van der Waals surface area contributed by atoms with Crippen LogP contribution < -0.4 is 0 Å². The largest absolute Gasteiger partial charge is 0.464 e. The second-order valence-electron chi connectivity index (χ2n) is 2.86. The molecule has 1 aromatic heterocycles. The molecule has 2 aromatic rings. The van der Waals surface area contributed by atoms with E-state index >= 15 is 0 Å². The van der Waals surface area contributed by atoms with Crippen LogP contribution in [0.3, 0.4) is 0 Å². The second kappa shape index (κ2) is 4.55. The lowest BCUT2D eigenvalue weighted by molar-refractivity contribution is 0.0593. The van der Waals surface area contributed by atoms with Crippen LogP contribution in [0.15, 0.2) is 30.3 Å². The molecule has 0 aliphatic carbocycles. The van der Waals surface area contributed by atoms with Crippen LogP contribution in [0.25, 0.3) is 10.9 Å². The van der Waals surface area contributed by atoms with E-state index in [0.717, 1.165) is 10.9 Å². The van der Waals surface area contributed by atoms with E-state index < -0.39 is 5.97 Å². The molecule has 5 heteroatoms. The first-order valence-corrected chi connectivity index (χ1v) is 4.43. The number of carbonyl (C=O) groups excluding carboxylic acids is 1. The highest BCUT2D eigenvalue weighted by atomic mass is 35.5. The van der Waals surface area contributed by atoms with Crippen LogP contribution in [0.1, 0.15) is 10.5 Å². The van der Waals surface area contributed by atoms with Crippen molar-refractivity contribution >= 4 is 41.1 Å². The molecule has 0 bridgehead atoms. The number of ether oxygens (including phenoxy) is 1. The lowest BCUT2D eigenvalue weighted by Crippen LogP contribution is -2.04. The highest BCUT2D eigenvalue weighted by molar-refractivity contribution is 6.22. The van der Waals surface area contributed by atoms with E-state index in [4.69, 9.17) is 11.8 Å². The summed E-state index contributed by atoms with van der Waals surface area (Å²) in [5, 5.41) is 0.919. The van der Waals surface area contributed by atoms with E-state index in [9.17, 15) is 4.79 Å². The molecule has 0 N–H and O–H groups in total. The average Bonchev–Trinajstić information content (AvgIpc) is 2.56. The van der Waals surface area contributed by atoms with E-state index in [-0.39, 0.29) is 12.4 Å². The molecule has 0 saturated heterocycles. The summed E-state index contributed by atoms with van der Waals surface area (Å²) in [6.45, 7) is 0. The number of methoxy groups -OCH3 is 1. The van der Waals surface area contributed by atoms with Crippen molar-refractivity contribution in [3.05, 3.63) is 36.0 Å². The predicted octanol–water partition coefficient (Wildman–Crippen LogP) is 2.85. The molecule has 15 heavy (non-hydrogen) atoms. The Morgan fingerprint density at radius 3 is 2.67 bits per heavy atom. The SMILES string of the molecule is COC(=O)c1cc2ccccc2n1Cl.Cl. The van der Waals surface area contributed by atoms with Crippen molar-refractivity contribution in [2.45, 2.75) is 0 Å². The number of aromatic nitrogens is 1. The number of hydrogen-bond acceptors (Lipinski definition) is 2. The molecule has 1 heterocycles. The Hall–Kier alpha value is -1.19. The molecular weight excluding hydrogens is 237 g/mol. The maximum absolute atomic E-state index is 11.3. The Labute approximate surface area is 98.1 Å². The summed E-state index contributed by atoms with van der Waals surface area (Å²) in [4.78, 5) is 11.3. The van der Waals surface area contributed by atoms with E-state index in [1.165, 1.54) is 11.2 Å². The number of benzene rings is 1. The molecule has 80 valence electrons. The molecule has 0 radical (unpaired) electrons. The molecule has 3 nitrogen and oxygen atoms in total. The van der Waals surface area contributed by atoms with Gasteiger partial charge in [0.1, 0.15) is 5.69 Å². The smallest absolute Gasteiger partial charge is 0.356 e. The van der Waals surface area contributed by atoms with E-state index in [1.54, 1.807) is 6.07 Å². The number of rotatable bonds is 1. The van der Waals surface area contributed by atoms with Gasteiger partial charge < -0.3 is 4.74 Å². The first-order valence-electron chi connectivity index (χ1n) is 4.09. The lowest BCUT2D eigenvalue weighted by atomic mass is 10.2. The molecule has 0 spiro atoms.